The van der Waals surface area contributed by atoms with Crippen LogP contribution in [0.25, 0.3) is 0 Å². The molecule has 112 valence electrons. The predicted octanol–water partition coefficient (Wildman–Crippen LogP) is 2.26. The van der Waals surface area contributed by atoms with Crippen LogP contribution in [0.3, 0.4) is 0 Å². The molecule has 4 heteroatoms. The van der Waals surface area contributed by atoms with Crippen LogP contribution in [0.4, 0.5) is 5.69 Å². The van der Waals surface area contributed by atoms with Gasteiger partial charge in [-0.1, -0.05) is 31.5 Å². The summed E-state index contributed by atoms with van der Waals surface area (Å²) in [6.07, 6.45) is 1.17. The van der Waals surface area contributed by atoms with E-state index in [9.17, 15) is 4.79 Å². The van der Waals surface area contributed by atoms with E-state index in [-0.39, 0.29) is 5.91 Å². The molecule has 0 atom stereocenters. The summed E-state index contributed by atoms with van der Waals surface area (Å²) < 4.78 is 0. The molecule has 0 spiro atoms. The van der Waals surface area contributed by atoms with Gasteiger partial charge in [-0.05, 0) is 38.6 Å². The lowest BCUT2D eigenvalue weighted by molar-refractivity contribution is -0.115. The lowest BCUT2D eigenvalue weighted by atomic mass is 10.2. The maximum atomic E-state index is 11.8. The molecule has 1 aromatic rings. The summed E-state index contributed by atoms with van der Waals surface area (Å²) in [7, 11) is 0. The van der Waals surface area contributed by atoms with Gasteiger partial charge in [0.2, 0.25) is 5.91 Å². The summed E-state index contributed by atoms with van der Waals surface area (Å²) in [5, 5.41) is 6.07. The van der Waals surface area contributed by atoms with Crippen molar-refractivity contribution in [2.75, 3.05) is 38.0 Å². The first-order chi connectivity index (χ1) is 9.65. The molecule has 0 saturated carbocycles. The van der Waals surface area contributed by atoms with Gasteiger partial charge >= 0.3 is 0 Å². The molecule has 2 N–H and O–H groups in total. The Morgan fingerprint density at radius 1 is 1.15 bits per heavy atom. The fraction of sp³-hybridized carbons (Fsp3) is 0.562. The Bertz CT molecular complexity index is 389. The lowest BCUT2D eigenvalue weighted by Crippen LogP contribution is -2.36. The second-order valence-corrected chi connectivity index (χ2v) is 5.03. The van der Waals surface area contributed by atoms with Gasteiger partial charge in [-0.2, -0.15) is 0 Å². The van der Waals surface area contributed by atoms with E-state index in [2.05, 4.69) is 29.4 Å². The average molecular weight is 277 g/mol. The third-order valence-electron chi connectivity index (χ3n) is 3.21. The minimum atomic E-state index is 0.00685. The molecule has 1 amide bonds. The van der Waals surface area contributed by atoms with Crippen molar-refractivity contribution in [3.63, 3.8) is 0 Å². The zero-order chi connectivity index (χ0) is 14.8. The fourth-order valence-corrected chi connectivity index (χ4v) is 2.03. The number of nitrogens with zero attached hydrogens (tertiary/aromatic N) is 1. The summed E-state index contributed by atoms with van der Waals surface area (Å²) in [5.41, 5.74) is 2.04. The van der Waals surface area contributed by atoms with E-state index in [1.807, 2.05) is 31.2 Å². The molecule has 1 rings (SSSR count). The van der Waals surface area contributed by atoms with Crippen molar-refractivity contribution in [1.29, 1.82) is 0 Å². The van der Waals surface area contributed by atoms with Gasteiger partial charge in [0.25, 0.3) is 0 Å². The highest BCUT2D eigenvalue weighted by Gasteiger charge is 2.03. The van der Waals surface area contributed by atoms with E-state index in [0.29, 0.717) is 6.54 Å². The Kier molecular flexibility index (Phi) is 7.92. The SMILES string of the molecule is CCCN(CC)CCNCC(=O)Nc1ccc(C)cc1. The lowest BCUT2D eigenvalue weighted by Gasteiger charge is -2.19. The van der Waals surface area contributed by atoms with Gasteiger partial charge in [-0.3, -0.25) is 4.79 Å². The van der Waals surface area contributed by atoms with Gasteiger partial charge in [-0.25, -0.2) is 0 Å². The number of rotatable bonds is 9. The van der Waals surface area contributed by atoms with Crippen LogP contribution in [0.1, 0.15) is 25.8 Å². The molecular formula is C16H27N3O. The highest BCUT2D eigenvalue weighted by Crippen LogP contribution is 2.07. The number of hydrogen-bond donors (Lipinski definition) is 2. The molecule has 0 fully saturated rings. The Hall–Kier alpha value is -1.39. The number of hydrogen-bond acceptors (Lipinski definition) is 3. The van der Waals surface area contributed by atoms with Crippen molar-refractivity contribution in [2.24, 2.45) is 0 Å². The van der Waals surface area contributed by atoms with Crippen LogP contribution < -0.4 is 10.6 Å². The fourth-order valence-electron chi connectivity index (χ4n) is 2.03. The summed E-state index contributed by atoms with van der Waals surface area (Å²) in [6, 6.07) is 7.83. The summed E-state index contributed by atoms with van der Waals surface area (Å²) in [6.45, 7) is 10.8. The number of benzene rings is 1. The smallest absolute Gasteiger partial charge is 0.238 e. The zero-order valence-electron chi connectivity index (χ0n) is 12.9. The topological polar surface area (TPSA) is 44.4 Å². The van der Waals surface area contributed by atoms with Crippen molar-refractivity contribution in [3.05, 3.63) is 29.8 Å². The second kappa shape index (κ2) is 9.50. The van der Waals surface area contributed by atoms with Crippen molar-refractivity contribution in [3.8, 4) is 0 Å². The summed E-state index contributed by atoms with van der Waals surface area (Å²) >= 11 is 0. The van der Waals surface area contributed by atoms with Crippen molar-refractivity contribution >= 4 is 11.6 Å². The summed E-state index contributed by atoms with van der Waals surface area (Å²) in [5.74, 6) is 0.00685. The Labute approximate surface area is 122 Å². The Morgan fingerprint density at radius 2 is 1.85 bits per heavy atom. The minimum Gasteiger partial charge on any atom is -0.325 e. The standard InChI is InChI=1S/C16H27N3O/c1-4-11-19(5-2)12-10-17-13-16(20)18-15-8-6-14(3)7-9-15/h6-9,17H,4-5,10-13H2,1-3H3,(H,18,20). The van der Waals surface area contributed by atoms with Crippen LogP contribution >= 0.6 is 0 Å². The normalized spacial score (nSPS) is 10.8. The van der Waals surface area contributed by atoms with Gasteiger partial charge < -0.3 is 15.5 Å². The van der Waals surface area contributed by atoms with Gasteiger partial charge in [0.1, 0.15) is 0 Å². The highest BCUT2D eigenvalue weighted by molar-refractivity contribution is 5.92. The largest absolute Gasteiger partial charge is 0.325 e. The molecule has 0 unspecified atom stereocenters. The maximum absolute atomic E-state index is 11.8. The summed E-state index contributed by atoms with van der Waals surface area (Å²) in [4.78, 5) is 14.1. The average Bonchev–Trinajstić information content (AvgIpc) is 2.45. The number of anilines is 1. The molecule has 20 heavy (non-hydrogen) atoms. The predicted molar refractivity (Wildman–Crippen MR) is 85.1 cm³/mol. The van der Waals surface area contributed by atoms with Gasteiger partial charge in [0.15, 0.2) is 0 Å². The number of nitrogens with one attached hydrogen (secondary N) is 2. The number of carbonyl (C=O) groups is 1. The maximum Gasteiger partial charge on any atom is 0.238 e. The van der Waals surface area contributed by atoms with Crippen LogP contribution in [0.5, 0.6) is 0 Å². The first-order valence-corrected chi connectivity index (χ1v) is 7.45. The van der Waals surface area contributed by atoms with E-state index < -0.39 is 0 Å². The molecule has 1 aromatic carbocycles. The van der Waals surface area contributed by atoms with Crippen LogP contribution in [0.15, 0.2) is 24.3 Å². The number of aryl methyl sites for hydroxylation is 1. The van der Waals surface area contributed by atoms with Crippen molar-refractivity contribution in [1.82, 2.24) is 10.2 Å². The molecule has 0 radical (unpaired) electrons. The van der Waals surface area contributed by atoms with Gasteiger partial charge in [0.05, 0.1) is 6.54 Å². The van der Waals surface area contributed by atoms with Gasteiger partial charge in [0, 0.05) is 18.8 Å². The molecule has 0 aliphatic heterocycles. The molecule has 0 aromatic heterocycles. The van der Waals surface area contributed by atoms with E-state index in [1.54, 1.807) is 0 Å². The zero-order valence-corrected chi connectivity index (χ0v) is 12.9. The van der Waals surface area contributed by atoms with E-state index in [0.717, 1.165) is 31.9 Å². The molecule has 0 heterocycles. The van der Waals surface area contributed by atoms with Crippen molar-refractivity contribution in [2.45, 2.75) is 27.2 Å². The first-order valence-electron chi connectivity index (χ1n) is 7.45. The number of amides is 1. The molecule has 4 nitrogen and oxygen atoms in total. The van der Waals surface area contributed by atoms with Crippen LogP contribution in [0, 0.1) is 6.92 Å². The second-order valence-electron chi connectivity index (χ2n) is 5.03. The molecule has 0 saturated heterocycles. The van der Waals surface area contributed by atoms with Crippen LogP contribution in [-0.4, -0.2) is 43.5 Å². The van der Waals surface area contributed by atoms with E-state index >= 15 is 0 Å². The van der Waals surface area contributed by atoms with Gasteiger partial charge in [-0.15, -0.1) is 0 Å². The number of likely N-dealkylation sites (N-methyl/N-ethyl adjacent to an activating group) is 1. The third kappa shape index (κ3) is 6.68. The molecule has 0 aliphatic rings. The molecular weight excluding hydrogens is 250 g/mol. The van der Waals surface area contributed by atoms with Crippen molar-refractivity contribution < 1.29 is 4.79 Å². The minimum absolute atomic E-state index is 0.00685. The Morgan fingerprint density at radius 3 is 2.45 bits per heavy atom. The van der Waals surface area contributed by atoms with E-state index in [1.165, 1.54) is 12.0 Å². The highest BCUT2D eigenvalue weighted by atomic mass is 16.1. The van der Waals surface area contributed by atoms with E-state index in [4.69, 9.17) is 0 Å². The molecule has 0 aliphatic carbocycles. The quantitative estimate of drug-likeness (QED) is 0.681. The monoisotopic (exact) mass is 277 g/mol. The third-order valence-corrected chi connectivity index (χ3v) is 3.21. The van der Waals surface area contributed by atoms with Crippen LogP contribution in [-0.2, 0) is 4.79 Å². The first kappa shape index (κ1) is 16.7. The number of carbonyl (C=O) groups excluding carboxylic acids is 1. The van der Waals surface area contributed by atoms with Crippen LogP contribution in [0.2, 0.25) is 0 Å². The molecule has 0 bridgehead atoms. The Balaban J connectivity index is 2.18.